The quantitative estimate of drug-likeness (QED) is 0.827. The number of aromatic amines is 1. The van der Waals surface area contributed by atoms with Crippen LogP contribution in [0.1, 0.15) is 22.5 Å². The van der Waals surface area contributed by atoms with E-state index in [1.54, 1.807) is 22.2 Å². The average molecular weight is 372 g/mol. The van der Waals surface area contributed by atoms with Gasteiger partial charge in [-0.1, -0.05) is 0 Å². The number of likely N-dealkylation sites (tertiary alicyclic amines) is 1. The molecule has 8 nitrogen and oxygen atoms in total. The van der Waals surface area contributed by atoms with E-state index in [9.17, 15) is 9.59 Å². The van der Waals surface area contributed by atoms with E-state index in [2.05, 4.69) is 20.3 Å². The Kier molecular flexibility index (Phi) is 4.03. The molecule has 9 heteroatoms. The van der Waals surface area contributed by atoms with Gasteiger partial charge in [0.05, 0.1) is 9.75 Å². The molecule has 2 aliphatic rings. The summed E-state index contributed by atoms with van der Waals surface area (Å²) in [5.41, 5.74) is -0.731. The van der Waals surface area contributed by atoms with Crippen molar-refractivity contribution >= 4 is 29.1 Å². The Labute approximate surface area is 154 Å². The molecule has 2 N–H and O–H groups in total. The van der Waals surface area contributed by atoms with Gasteiger partial charge in [0.2, 0.25) is 5.96 Å². The van der Waals surface area contributed by atoms with E-state index < -0.39 is 5.54 Å². The molecule has 0 atom stereocenters. The number of rotatable bonds is 2. The largest absolute Gasteiger partial charge is 0.349 e. The Bertz CT molecular complexity index is 862. The molecule has 0 aromatic carbocycles. The van der Waals surface area contributed by atoms with Crippen LogP contribution in [-0.4, -0.2) is 70.3 Å². The highest BCUT2D eigenvalue weighted by atomic mass is 32.1. The van der Waals surface area contributed by atoms with Gasteiger partial charge in [-0.2, -0.15) is 0 Å². The maximum Gasteiger partial charge on any atom is 0.263 e. The normalized spacial score (nSPS) is 18.8. The van der Waals surface area contributed by atoms with Crippen LogP contribution in [0.2, 0.25) is 0 Å². The minimum Gasteiger partial charge on any atom is -0.349 e. The molecular weight excluding hydrogens is 352 g/mol. The first-order valence-corrected chi connectivity index (χ1v) is 9.28. The minimum absolute atomic E-state index is 0.00197. The van der Waals surface area contributed by atoms with Crippen LogP contribution in [0.25, 0.3) is 10.7 Å². The van der Waals surface area contributed by atoms with E-state index in [-0.39, 0.29) is 11.8 Å². The molecule has 4 heterocycles. The van der Waals surface area contributed by atoms with Gasteiger partial charge in [-0.05, 0) is 25.0 Å². The molecule has 1 fully saturated rings. The van der Waals surface area contributed by atoms with E-state index in [0.717, 1.165) is 10.7 Å². The van der Waals surface area contributed by atoms with Crippen LogP contribution in [-0.2, 0) is 4.79 Å². The lowest BCUT2D eigenvalue weighted by Gasteiger charge is -2.35. The van der Waals surface area contributed by atoms with Gasteiger partial charge < -0.3 is 14.8 Å². The summed E-state index contributed by atoms with van der Waals surface area (Å²) in [6, 6.07) is 3.74. The van der Waals surface area contributed by atoms with Crippen LogP contribution in [0.3, 0.4) is 0 Å². The molecule has 4 rings (SSSR count). The van der Waals surface area contributed by atoms with Crippen LogP contribution in [0, 0.1) is 0 Å². The fourth-order valence-corrected chi connectivity index (χ4v) is 4.20. The topological polar surface area (TPSA) is 93.7 Å². The van der Waals surface area contributed by atoms with Gasteiger partial charge in [-0.3, -0.25) is 14.9 Å². The number of carbonyl (C=O) groups is 2. The van der Waals surface area contributed by atoms with Gasteiger partial charge in [0, 0.05) is 39.6 Å². The van der Waals surface area contributed by atoms with Crippen LogP contribution >= 0.6 is 11.3 Å². The number of hydrogen-bond acceptors (Lipinski definition) is 6. The van der Waals surface area contributed by atoms with Gasteiger partial charge in [0.1, 0.15) is 11.4 Å². The lowest BCUT2D eigenvalue weighted by atomic mass is 9.88. The Morgan fingerprint density at radius 3 is 2.69 bits per heavy atom. The van der Waals surface area contributed by atoms with Crippen molar-refractivity contribution in [2.24, 2.45) is 4.99 Å². The molecule has 0 aliphatic carbocycles. The average Bonchev–Trinajstić information content (AvgIpc) is 3.36. The van der Waals surface area contributed by atoms with Crippen LogP contribution < -0.4 is 5.32 Å². The number of aromatic nitrogens is 2. The summed E-state index contributed by atoms with van der Waals surface area (Å²) in [5, 5.41) is 2.83. The molecule has 136 valence electrons. The highest BCUT2D eigenvalue weighted by Gasteiger charge is 2.47. The predicted octanol–water partition coefficient (Wildman–Crippen LogP) is 1.16. The smallest absolute Gasteiger partial charge is 0.263 e. The van der Waals surface area contributed by atoms with Crippen molar-refractivity contribution in [1.82, 2.24) is 25.1 Å². The van der Waals surface area contributed by atoms with Gasteiger partial charge >= 0.3 is 0 Å². The second kappa shape index (κ2) is 6.24. The number of piperidine rings is 1. The van der Waals surface area contributed by atoms with Crippen molar-refractivity contribution < 1.29 is 9.59 Å². The van der Waals surface area contributed by atoms with Crippen molar-refractivity contribution in [3.63, 3.8) is 0 Å². The Hall–Kier alpha value is -2.68. The van der Waals surface area contributed by atoms with Crippen molar-refractivity contribution in [2.45, 2.75) is 18.4 Å². The molecule has 2 aromatic heterocycles. The summed E-state index contributed by atoms with van der Waals surface area (Å²) in [6.07, 6.45) is 4.53. The zero-order valence-electron chi connectivity index (χ0n) is 14.7. The lowest BCUT2D eigenvalue weighted by Crippen LogP contribution is -2.50. The number of hydrogen-bond donors (Lipinski definition) is 2. The monoisotopic (exact) mass is 372 g/mol. The summed E-state index contributed by atoms with van der Waals surface area (Å²) in [5.74, 6) is 1.29. The molecule has 26 heavy (non-hydrogen) atoms. The third kappa shape index (κ3) is 2.78. The molecule has 0 bridgehead atoms. The maximum atomic E-state index is 12.8. The molecule has 0 saturated carbocycles. The number of nitrogens with one attached hydrogen (secondary N) is 2. The number of thiophene rings is 1. The zero-order chi connectivity index (χ0) is 18.3. The minimum atomic E-state index is -0.731. The molecule has 2 aliphatic heterocycles. The van der Waals surface area contributed by atoms with Crippen molar-refractivity contribution in [2.75, 3.05) is 27.2 Å². The highest BCUT2D eigenvalue weighted by molar-refractivity contribution is 7.17. The van der Waals surface area contributed by atoms with E-state index in [1.807, 2.05) is 26.2 Å². The number of nitrogens with zero attached hydrogens (tertiary/aromatic N) is 4. The zero-order valence-corrected chi connectivity index (χ0v) is 15.5. The molecular formula is C17H20N6O2S. The van der Waals surface area contributed by atoms with E-state index in [1.165, 1.54) is 11.3 Å². The summed E-state index contributed by atoms with van der Waals surface area (Å²) in [7, 11) is 3.70. The van der Waals surface area contributed by atoms with Crippen molar-refractivity contribution in [3.05, 3.63) is 29.4 Å². The second-order valence-electron chi connectivity index (χ2n) is 6.71. The van der Waals surface area contributed by atoms with Crippen LogP contribution in [0.15, 0.2) is 29.5 Å². The molecule has 1 saturated heterocycles. The number of guanidine groups is 1. The summed E-state index contributed by atoms with van der Waals surface area (Å²) in [4.78, 5) is 42.3. The fourth-order valence-electron chi connectivity index (χ4n) is 3.27. The summed E-state index contributed by atoms with van der Waals surface area (Å²) < 4.78 is 0. The fraction of sp³-hybridized carbons (Fsp3) is 0.412. The molecule has 0 radical (unpaired) electrons. The van der Waals surface area contributed by atoms with Crippen LogP contribution in [0.5, 0.6) is 0 Å². The summed E-state index contributed by atoms with van der Waals surface area (Å²) >= 11 is 1.42. The highest BCUT2D eigenvalue weighted by Crippen LogP contribution is 2.32. The third-order valence-corrected chi connectivity index (χ3v) is 5.90. The summed E-state index contributed by atoms with van der Waals surface area (Å²) in [6.45, 7) is 1.04. The number of aliphatic imine (C=N–C) groups is 1. The number of H-pyrrole nitrogens is 1. The Morgan fingerprint density at radius 2 is 2.08 bits per heavy atom. The molecule has 0 unspecified atom stereocenters. The predicted molar refractivity (Wildman–Crippen MR) is 99.0 cm³/mol. The Morgan fingerprint density at radius 1 is 1.31 bits per heavy atom. The van der Waals surface area contributed by atoms with Crippen LogP contribution in [0.4, 0.5) is 0 Å². The number of amides is 2. The van der Waals surface area contributed by atoms with E-state index >= 15 is 0 Å². The van der Waals surface area contributed by atoms with Gasteiger partial charge in [0.25, 0.3) is 11.8 Å². The molecule has 1 spiro atoms. The van der Waals surface area contributed by atoms with Crippen molar-refractivity contribution in [3.8, 4) is 10.7 Å². The molecule has 2 amide bonds. The lowest BCUT2D eigenvalue weighted by molar-refractivity contribution is -0.125. The first-order valence-electron chi connectivity index (χ1n) is 8.46. The number of carbonyl (C=O) groups excluding carboxylic acids is 2. The molecule has 2 aromatic rings. The van der Waals surface area contributed by atoms with Gasteiger partial charge in [-0.15, -0.1) is 11.3 Å². The first-order chi connectivity index (χ1) is 12.5. The van der Waals surface area contributed by atoms with Crippen molar-refractivity contribution in [1.29, 1.82) is 0 Å². The second-order valence-corrected chi connectivity index (χ2v) is 7.79. The van der Waals surface area contributed by atoms with E-state index in [4.69, 9.17) is 0 Å². The van der Waals surface area contributed by atoms with E-state index in [0.29, 0.717) is 36.8 Å². The standard InChI is InChI=1S/C17H20N6O2S/c1-22(2)16-20-15(25)17(21-16)5-9-23(10-6-17)14(24)12-4-3-11(26-12)13-18-7-8-19-13/h3-4,7-8H,5-6,9-10H2,1-2H3,(H,18,19)(H,20,21,25). The maximum absolute atomic E-state index is 12.8. The SMILES string of the molecule is CN(C)C1=NC2(CCN(C(=O)c3ccc(-c4ncc[nH]4)s3)CC2)C(=O)N1. The third-order valence-electron chi connectivity index (χ3n) is 4.82. The number of imidazole rings is 1. The van der Waals surface area contributed by atoms with Gasteiger partial charge in [0.15, 0.2) is 0 Å². The first kappa shape index (κ1) is 16.8. The Balaban J connectivity index is 1.45. The van der Waals surface area contributed by atoms with Gasteiger partial charge in [-0.25, -0.2) is 9.98 Å².